The Morgan fingerprint density at radius 3 is 3.25 bits per heavy atom. The number of rotatable bonds is 7. The maximum atomic E-state index is 12.4. The van der Waals surface area contributed by atoms with E-state index >= 15 is 0 Å². The van der Waals surface area contributed by atoms with E-state index in [2.05, 4.69) is 20.5 Å². The molecule has 2 aromatic heterocycles. The van der Waals surface area contributed by atoms with Gasteiger partial charge in [0.25, 0.3) is 5.91 Å². The summed E-state index contributed by atoms with van der Waals surface area (Å²) < 4.78 is 12.9. The number of aryl methyl sites for hydroxylation is 1. The van der Waals surface area contributed by atoms with E-state index in [9.17, 15) is 4.79 Å². The molecule has 0 bridgehead atoms. The number of amides is 1. The van der Waals surface area contributed by atoms with Crippen LogP contribution in [0.3, 0.4) is 0 Å². The molecule has 1 saturated heterocycles. The van der Waals surface area contributed by atoms with Gasteiger partial charge in [0.2, 0.25) is 5.88 Å². The Hall–Kier alpha value is -2.13. The van der Waals surface area contributed by atoms with Crippen LogP contribution < -0.4 is 10.1 Å². The number of hydrogen-bond donors (Lipinski definition) is 1. The molecule has 1 fully saturated rings. The summed E-state index contributed by atoms with van der Waals surface area (Å²) in [6, 6.07) is 3.44. The van der Waals surface area contributed by atoms with Crippen molar-refractivity contribution in [2.75, 3.05) is 25.5 Å². The molecular weight excluding hydrogens is 330 g/mol. The molecule has 1 atom stereocenters. The molecule has 1 amide bonds. The predicted molar refractivity (Wildman–Crippen MR) is 88.1 cm³/mol. The van der Waals surface area contributed by atoms with E-state index in [0.717, 1.165) is 11.6 Å². The van der Waals surface area contributed by atoms with Crippen molar-refractivity contribution < 1.29 is 14.3 Å². The van der Waals surface area contributed by atoms with Crippen molar-refractivity contribution in [2.24, 2.45) is 7.05 Å². The molecule has 9 heteroatoms. The van der Waals surface area contributed by atoms with Crippen molar-refractivity contribution in [1.29, 1.82) is 0 Å². The first-order chi connectivity index (χ1) is 11.7. The van der Waals surface area contributed by atoms with Crippen molar-refractivity contribution in [3.05, 3.63) is 30.2 Å². The number of nitrogens with one attached hydrogen (secondary N) is 1. The molecule has 8 nitrogen and oxygen atoms in total. The van der Waals surface area contributed by atoms with Crippen LogP contribution >= 0.6 is 11.8 Å². The number of hydrogen-bond acceptors (Lipinski definition) is 7. The van der Waals surface area contributed by atoms with Gasteiger partial charge in [-0.3, -0.25) is 4.79 Å². The van der Waals surface area contributed by atoms with E-state index < -0.39 is 0 Å². The Morgan fingerprint density at radius 1 is 1.58 bits per heavy atom. The maximum absolute atomic E-state index is 12.4. The lowest BCUT2D eigenvalue weighted by Gasteiger charge is -2.14. The van der Waals surface area contributed by atoms with Crippen LogP contribution in [0.15, 0.2) is 29.8 Å². The molecule has 1 N–H and O–H groups in total. The number of carbonyl (C=O) groups excluding carboxylic acids is 1. The van der Waals surface area contributed by atoms with Gasteiger partial charge in [-0.1, -0.05) is 11.8 Å². The molecule has 3 rings (SSSR count). The highest BCUT2D eigenvalue weighted by atomic mass is 32.2. The Labute approximate surface area is 144 Å². The first kappa shape index (κ1) is 16.7. The van der Waals surface area contributed by atoms with Gasteiger partial charge >= 0.3 is 0 Å². The average molecular weight is 349 g/mol. The summed E-state index contributed by atoms with van der Waals surface area (Å²) in [6.45, 7) is 1.72. The van der Waals surface area contributed by atoms with Crippen LogP contribution in [0.4, 0.5) is 0 Å². The smallest absolute Gasteiger partial charge is 0.256 e. The summed E-state index contributed by atoms with van der Waals surface area (Å²) in [4.78, 5) is 16.5. The average Bonchev–Trinajstić information content (AvgIpc) is 3.24. The number of nitrogens with zero attached hydrogens (tertiary/aromatic N) is 4. The van der Waals surface area contributed by atoms with Crippen LogP contribution in [0.25, 0.3) is 0 Å². The minimum absolute atomic E-state index is 0.0436. The Bertz CT molecular complexity index is 687. The predicted octanol–water partition coefficient (Wildman–Crippen LogP) is 0.900. The third-order valence-corrected chi connectivity index (χ3v) is 4.51. The van der Waals surface area contributed by atoms with Crippen molar-refractivity contribution in [3.8, 4) is 5.88 Å². The molecule has 128 valence electrons. The Kier molecular flexibility index (Phi) is 5.65. The summed E-state index contributed by atoms with van der Waals surface area (Å²) in [5, 5.41) is 11.5. The molecule has 0 saturated carbocycles. The number of pyridine rings is 1. The topological polar surface area (TPSA) is 91.2 Å². The van der Waals surface area contributed by atoms with Crippen LogP contribution in [0, 0.1) is 0 Å². The molecular formula is C15H19N5O3S. The van der Waals surface area contributed by atoms with Gasteiger partial charge in [0.05, 0.1) is 13.2 Å². The largest absolute Gasteiger partial charge is 0.471 e. The van der Waals surface area contributed by atoms with E-state index in [1.54, 1.807) is 24.7 Å². The summed E-state index contributed by atoms with van der Waals surface area (Å²) in [6.07, 6.45) is 4.03. The van der Waals surface area contributed by atoms with Gasteiger partial charge < -0.3 is 19.4 Å². The maximum Gasteiger partial charge on any atom is 0.256 e. The van der Waals surface area contributed by atoms with Crippen molar-refractivity contribution in [1.82, 2.24) is 25.1 Å². The standard InChI is InChI=1S/C15H19N5O3S/c1-20-10-18-19-15(20)24-8-6-16-13(21)12-3-2-5-17-14(12)23-11-4-7-22-9-11/h2-3,5,10-11H,4,6-9H2,1H3,(H,16,21). The summed E-state index contributed by atoms with van der Waals surface area (Å²) in [5.74, 6) is 0.854. The fraction of sp³-hybridized carbons (Fsp3) is 0.467. The summed E-state index contributed by atoms with van der Waals surface area (Å²) >= 11 is 1.53. The molecule has 2 aromatic rings. The summed E-state index contributed by atoms with van der Waals surface area (Å²) in [7, 11) is 1.88. The van der Waals surface area contributed by atoms with E-state index in [1.807, 2.05) is 11.6 Å². The molecule has 0 aliphatic carbocycles. The number of thioether (sulfide) groups is 1. The van der Waals surface area contributed by atoms with Crippen LogP contribution in [0.1, 0.15) is 16.8 Å². The highest BCUT2D eigenvalue weighted by molar-refractivity contribution is 7.99. The fourth-order valence-electron chi connectivity index (χ4n) is 2.23. The fourth-order valence-corrected chi connectivity index (χ4v) is 2.97. The Balaban J connectivity index is 1.51. The van der Waals surface area contributed by atoms with Gasteiger partial charge in [-0.2, -0.15) is 0 Å². The summed E-state index contributed by atoms with van der Waals surface area (Å²) in [5.41, 5.74) is 0.438. The van der Waals surface area contributed by atoms with Gasteiger partial charge in [-0.25, -0.2) is 4.98 Å². The molecule has 1 aliphatic heterocycles. The second kappa shape index (κ2) is 8.11. The zero-order valence-corrected chi connectivity index (χ0v) is 14.2. The quantitative estimate of drug-likeness (QED) is 0.586. The molecule has 3 heterocycles. The normalized spacial score (nSPS) is 17.0. The van der Waals surface area contributed by atoms with Crippen molar-refractivity contribution in [2.45, 2.75) is 17.7 Å². The zero-order valence-electron chi connectivity index (χ0n) is 13.3. The number of ether oxygens (including phenoxy) is 2. The monoisotopic (exact) mass is 349 g/mol. The third-order valence-electron chi connectivity index (χ3n) is 3.47. The van der Waals surface area contributed by atoms with Crippen molar-refractivity contribution in [3.63, 3.8) is 0 Å². The highest BCUT2D eigenvalue weighted by Crippen LogP contribution is 2.19. The zero-order chi connectivity index (χ0) is 16.8. The minimum Gasteiger partial charge on any atom is -0.471 e. The van der Waals surface area contributed by atoms with Gasteiger partial charge in [-0.05, 0) is 12.1 Å². The molecule has 0 spiro atoms. The number of aromatic nitrogens is 4. The minimum atomic E-state index is -0.199. The van der Waals surface area contributed by atoms with Crippen molar-refractivity contribution >= 4 is 17.7 Å². The second-order valence-corrected chi connectivity index (χ2v) is 6.35. The highest BCUT2D eigenvalue weighted by Gasteiger charge is 2.21. The van der Waals surface area contributed by atoms with Crippen LogP contribution in [0.2, 0.25) is 0 Å². The molecule has 1 unspecified atom stereocenters. The molecule has 24 heavy (non-hydrogen) atoms. The van der Waals surface area contributed by atoms with E-state index in [1.165, 1.54) is 11.8 Å². The van der Waals surface area contributed by atoms with Gasteiger partial charge in [0.15, 0.2) is 5.16 Å². The second-order valence-electron chi connectivity index (χ2n) is 5.29. The molecule has 0 aromatic carbocycles. The SMILES string of the molecule is Cn1cnnc1SCCNC(=O)c1cccnc1OC1CCOC1. The van der Waals surface area contributed by atoms with E-state index in [-0.39, 0.29) is 12.0 Å². The van der Waals surface area contributed by atoms with Crippen LogP contribution in [-0.2, 0) is 11.8 Å². The third kappa shape index (κ3) is 4.24. The van der Waals surface area contributed by atoms with Gasteiger partial charge in [0.1, 0.15) is 18.0 Å². The lowest BCUT2D eigenvalue weighted by Crippen LogP contribution is -2.27. The first-order valence-electron chi connectivity index (χ1n) is 7.68. The Morgan fingerprint density at radius 2 is 2.50 bits per heavy atom. The lowest BCUT2D eigenvalue weighted by molar-refractivity contribution is 0.0943. The lowest BCUT2D eigenvalue weighted by atomic mass is 10.2. The van der Waals surface area contributed by atoms with Gasteiger partial charge in [-0.15, -0.1) is 10.2 Å². The molecule has 0 radical (unpaired) electrons. The van der Waals surface area contributed by atoms with E-state index in [4.69, 9.17) is 9.47 Å². The molecule has 1 aliphatic rings. The number of carbonyl (C=O) groups is 1. The first-order valence-corrected chi connectivity index (χ1v) is 8.67. The van der Waals surface area contributed by atoms with Crippen LogP contribution in [-0.4, -0.2) is 57.3 Å². The van der Waals surface area contributed by atoms with Gasteiger partial charge in [0, 0.05) is 32.0 Å². The van der Waals surface area contributed by atoms with E-state index in [0.29, 0.717) is 37.0 Å². The van der Waals surface area contributed by atoms with Crippen LogP contribution in [0.5, 0.6) is 5.88 Å².